The van der Waals surface area contributed by atoms with Gasteiger partial charge in [0.25, 0.3) is 5.56 Å². The molecular formula is C21H14F3N3O3S. The van der Waals surface area contributed by atoms with Crippen molar-refractivity contribution in [1.29, 1.82) is 0 Å². The van der Waals surface area contributed by atoms with E-state index in [2.05, 4.69) is 9.82 Å². The third-order valence-corrected chi connectivity index (χ3v) is 6.10. The van der Waals surface area contributed by atoms with Crippen molar-refractivity contribution in [3.63, 3.8) is 0 Å². The molecule has 4 rings (SSSR count). The van der Waals surface area contributed by atoms with E-state index in [1.807, 2.05) is 0 Å². The Morgan fingerprint density at radius 2 is 1.61 bits per heavy atom. The summed E-state index contributed by atoms with van der Waals surface area (Å²) in [6, 6.07) is 11.7. The zero-order chi connectivity index (χ0) is 22.3. The Bertz CT molecular complexity index is 1500. The third kappa shape index (κ3) is 3.71. The predicted octanol–water partition coefficient (Wildman–Crippen LogP) is 3.38. The minimum atomic E-state index is -3.79. The Morgan fingerprint density at radius 3 is 2.32 bits per heavy atom. The fourth-order valence-corrected chi connectivity index (χ4v) is 3.95. The molecule has 0 radical (unpaired) electrons. The highest BCUT2D eigenvalue weighted by Crippen LogP contribution is 2.28. The summed E-state index contributed by atoms with van der Waals surface area (Å²) in [5.41, 5.74) is -0.754. The molecule has 0 aliphatic carbocycles. The number of rotatable bonds is 4. The molecule has 0 atom stereocenters. The SMILES string of the molecule is CNS(=O)(=O)c1cccc(-c2nn(-c3ccc(F)cc3F)c(=O)c3ccc(F)cc23)c1. The van der Waals surface area contributed by atoms with Crippen molar-refractivity contribution in [2.24, 2.45) is 0 Å². The lowest BCUT2D eigenvalue weighted by atomic mass is 10.0. The molecule has 0 unspecified atom stereocenters. The normalized spacial score (nSPS) is 11.7. The zero-order valence-corrected chi connectivity index (χ0v) is 16.8. The summed E-state index contributed by atoms with van der Waals surface area (Å²) < 4.78 is 69.0. The van der Waals surface area contributed by atoms with Gasteiger partial charge in [-0.15, -0.1) is 0 Å². The largest absolute Gasteiger partial charge is 0.279 e. The van der Waals surface area contributed by atoms with Gasteiger partial charge in [0.05, 0.1) is 16.0 Å². The fourth-order valence-electron chi connectivity index (χ4n) is 3.17. The lowest BCUT2D eigenvalue weighted by molar-refractivity contribution is 0.571. The number of halogens is 3. The summed E-state index contributed by atoms with van der Waals surface area (Å²) in [4.78, 5) is 12.9. The van der Waals surface area contributed by atoms with E-state index in [0.29, 0.717) is 6.07 Å². The molecule has 4 aromatic rings. The van der Waals surface area contributed by atoms with E-state index in [9.17, 15) is 26.4 Å². The molecule has 0 saturated carbocycles. The van der Waals surface area contributed by atoms with E-state index in [1.165, 1.54) is 37.4 Å². The number of nitrogens with one attached hydrogen (secondary N) is 1. The maximum Gasteiger partial charge on any atom is 0.279 e. The number of hydrogen-bond donors (Lipinski definition) is 1. The summed E-state index contributed by atoms with van der Waals surface area (Å²) in [5.74, 6) is -2.49. The van der Waals surface area contributed by atoms with Gasteiger partial charge in [0.15, 0.2) is 5.82 Å². The predicted molar refractivity (Wildman–Crippen MR) is 109 cm³/mol. The molecule has 1 N–H and O–H groups in total. The summed E-state index contributed by atoms with van der Waals surface area (Å²) in [7, 11) is -2.54. The molecule has 0 spiro atoms. The van der Waals surface area contributed by atoms with Crippen molar-refractivity contribution in [1.82, 2.24) is 14.5 Å². The zero-order valence-electron chi connectivity index (χ0n) is 15.9. The van der Waals surface area contributed by atoms with Crippen LogP contribution in [0.4, 0.5) is 13.2 Å². The van der Waals surface area contributed by atoms with Crippen molar-refractivity contribution in [2.75, 3.05) is 7.05 Å². The molecule has 0 aliphatic rings. The Hall–Kier alpha value is -3.50. The second-order valence-electron chi connectivity index (χ2n) is 6.59. The number of hydrogen-bond acceptors (Lipinski definition) is 4. The maximum absolute atomic E-state index is 14.4. The van der Waals surface area contributed by atoms with Crippen LogP contribution in [0, 0.1) is 17.5 Å². The molecule has 1 heterocycles. The first-order valence-electron chi connectivity index (χ1n) is 8.93. The average molecular weight is 445 g/mol. The molecule has 1 aromatic heterocycles. The molecule has 3 aromatic carbocycles. The van der Waals surface area contributed by atoms with Gasteiger partial charge in [-0.2, -0.15) is 9.78 Å². The lowest BCUT2D eigenvalue weighted by Gasteiger charge is -2.13. The van der Waals surface area contributed by atoms with Gasteiger partial charge in [-0.05, 0) is 49.5 Å². The monoisotopic (exact) mass is 445 g/mol. The van der Waals surface area contributed by atoms with E-state index in [1.54, 1.807) is 0 Å². The van der Waals surface area contributed by atoms with Gasteiger partial charge in [0.1, 0.15) is 17.3 Å². The average Bonchev–Trinajstić information content (AvgIpc) is 2.74. The third-order valence-electron chi connectivity index (χ3n) is 4.68. The minimum Gasteiger partial charge on any atom is -0.267 e. The van der Waals surface area contributed by atoms with Gasteiger partial charge in [-0.25, -0.2) is 26.3 Å². The first kappa shape index (κ1) is 20.8. The maximum atomic E-state index is 14.4. The Kier molecular flexibility index (Phi) is 5.11. The van der Waals surface area contributed by atoms with Crippen LogP contribution in [0.1, 0.15) is 0 Å². The molecule has 0 saturated heterocycles. The number of benzene rings is 3. The topological polar surface area (TPSA) is 81.1 Å². The number of fused-ring (bicyclic) bond motifs is 1. The van der Waals surface area contributed by atoms with E-state index in [4.69, 9.17) is 0 Å². The highest BCUT2D eigenvalue weighted by molar-refractivity contribution is 7.89. The molecular weight excluding hydrogens is 431 g/mol. The first-order chi connectivity index (χ1) is 14.7. The Balaban J connectivity index is 2.08. The van der Waals surface area contributed by atoms with Crippen LogP contribution in [0.5, 0.6) is 0 Å². The Morgan fingerprint density at radius 1 is 0.903 bits per heavy atom. The Labute approximate surface area is 174 Å². The lowest BCUT2D eigenvalue weighted by Crippen LogP contribution is -2.23. The summed E-state index contributed by atoms with van der Waals surface area (Å²) in [6.45, 7) is 0. The number of sulfonamides is 1. The molecule has 6 nitrogen and oxygen atoms in total. The van der Waals surface area contributed by atoms with E-state index < -0.39 is 33.0 Å². The van der Waals surface area contributed by atoms with Crippen LogP contribution < -0.4 is 10.3 Å². The van der Waals surface area contributed by atoms with Crippen molar-refractivity contribution in [3.05, 3.63) is 88.5 Å². The van der Waals surface area contributed by atoms with Crippen LogP contribution in [0.3, 0.4) is 0 Å². The van der Waals surface area contributed by atoms with Crippen LogP contribution in [0.2, 0.25) is 0 Å². The van der Waals surface area contributed by atoms with Crippen LogP contribution in [-0.4, -0.2) is 25.2 Å². The standard InChI is InChI=1S/C21H14F3N3O3S/c1-25-31(29,30)15-4-2-3-12(9-15)20-17-10-13(22)5-7-16(17)21(28)27(26-20)19-8-6-14(23)11-18(19)24/h2-11,25H,1H3. The van der Waals surface area contributed by atoms with Gasteiger partial charge >= 0.3 is 0 Å². The second kappa shape index (κ2) is 7.64. The minimum absolute atomic E-state index is 0.0250. The smallest absolute Gasteiger partial charge is 0.267 e. The van der Waals surface area contributed by atoms with Gasteiger partial charge in [-0.3, -0.25) is 4.79 Å². The van der Waals surface area contributed by atoms with Crippen molar-refractivity contribution in [2.45, 2.75) is 4.90 Å². The highest BCUT2D eigenvalue weighted by Gasteiger charge is 2.19. The van der Waals surface area contributed by atoms with Crippen molar-refractivity contribution < 1.29 is 21.6 Å². The van der Waals surface area contributed by atoms with E-state index >= 15 is 0 Å². The molecule has 0 fully saturated rings. The molecule has 158 valence electrons. The molecule has 10 heteroatoms. The first-order valence-corrected chi connectivity index (χ1v) is 10.4. The van der Waals surface area contributed by atoms with Crippen molar-refractivity contribution >= 4 is 20.8 Å². The van der Waals surface area contributed by atoms with E-state index in [0.717, 1.165) is 28.9 Å². The van der Waals surface area contributed by atoms with Gasteiger partial charge in [0.2, 0.25) is 10.0 Å². The van der Waals surface area contributed by atoms with Crippen LogP contribution in [0.15, 0.2) is 70.4 Å². The van der Waals surface area contributed by atoms with Crippen LogP contribution in [-0.2, 0) is 10.0 Å². The summed E-state index contributed by atoms with van der Waals surface area (Å²) >= 11 is 0. The van der Waals surface area contributed by atoms with Gasteiger partial charge in [0, 0.05) is 17.0 Å². The van der Waals surface area contributed by atoms with Crippen molar-refractivity contribution in [3.8, 4) is 16.9 Å². The fraction of sp³-hybridized carbons (Fsp3) is 0.0476. The molecule has 0 amide bonds. The van der Waals surface area contributed by atoms with Gasteiger partial charge in [-0.1, -0.05) is 12.1 Å². The summed E-state index contributed by atoms with van der Waals surface area (Å²) in [6.07, 6.45) is 0. The number of aromatic nitrogens is 2. The highest BCUT2D eigenvalue weighted by atomic mass is 32.2. The molecule has 31 heavy (non-hydrogen) atoms. The quantitative estimate of drug-likeness (QED) is 0.522. The van der Waals surface area contributed by atoms with Gasteiger partial charge < -0.3 is 0 Å². The molecule has 0 aliphatic heterocycles. The van der Waals surface area contributed by atoms with E-state index in [-0.39, 0.29) is 32.6 Å². The van der Waals surface area contributed by atoms with Crippen LogP contribution >= 0.6 is 0 Å². The molecule has 0 bridgehead atoms. The summed E-state index contributed by atoms with van der Waals surface area (Å²) in [5, 5.41) is 4.32. The number of nitrogens with zero attached hydrogens (tertiary/aromatic N) is 2. The van der Waals surface area contributed by atoms with Crippen LogP contribution in [0.25, 0.3) is 27.7 Å². The second-order valence-corrected chi connectivity index (χ2v) is 8.47.